The number of aryl methyl sites for hydroxylation is 1. The van der Waals surface area contributed by atoms with Gasteiger partial charge in [-0.15, -0.1) is 35.7 Å². The van der Waals surface area contributed by atoms with Crippen LogP contribution in [0.3, 0.4) is 0 Å². The van der Waals surface area contributed by atoms with Crippen LogP contribution in [0, 0.1) is 12.8 Å². The number of likely N-dealkylation sites (N-methyl/N-ethyl adjacent to an activating group) is 1. The monoisotopic (exact) mass is 506 g/mol. The first-order valence-electron chi connectivity index (χ1n) is 8.93. The van der Waals surface area contributed by atoms with E-state index < -0.39 is 0 Å². The zero-order valence-electron chi connectivity index (χ0n) is 16.6. The van der Waals surface area contributed by atoms with Crippen molar-refractivity contribution >= 4 is 47.6 Å². The molecule has 1 aromatic rings. The lowest BCUT2D eigenvalue weighted by Crippen LogP contribution is -2.44. The standard InChI is InChI=1S/C19H30N4O2S.HI/c1-14-5-6-16(17(9-14)26-4)11-21-19(22-12-18(24)23(2)3)20-10-15-7-8-25-13-15;/h5-6,9,15H,7-8,10-13H2,1-4H3,(H2,20,21,22);1H. The first-order valence-corrected chi connectivity index (χ1v) is 10.2. The second kappa shape index (κ2) is 12.5. The molecule has 0 bridgehead atoms. The molecule has 1 heterocycles. The van der Waals surface area contributed by atoms with Gasteiger partial charge in [0.25, 0.3) is 0 Å². The van der Waals surface area contributed by atoms with Crippen LogP contribution in [0.15, 0.2) is 28.1 Å². The summed E-state index contributed by atoms with van der Waals surface area (Å²) in [5.41, 5.74) is 2.43. The average Bonchev–Trinajstić information content (AvgIpc) is 3.14. The molecule has 2 N–H and O–H groups in total. The Labute approximate surface area is 183 Å². The average molecular weight is 506 g/mol. The number of carbonyl (C=O) groups excluding carboxylic acids is 1. The van der Waals surface area contributed by atoms with Crippen LogP contribution in [-0.4, -0.2) is 63.4 Å². The fraction of sp³-hybridized carbons (Fsp3) is 0.579. The quantitative estimate of drug-likeness (QED) is 0.258. The molecule has 2 rings (SSSR count). The molecule has 1 saturated heterocycles. The number of halogens is 1. The number of ether oxygens (including phenoxy) is 1. The molecule has 0 spiro atoms. The summed E-state index contributed by atoms with van der Waals surface area (Å²) in [6, 6.07) is 6.41. The SMILES string of the molecule is CSc1cc(C)ccc1CN=C(NCC(=O)N(C)C)NCC1CCOC1.I. The molecule has 6 nitrogen and oxygen atoms in total. The summed E-state index contributed by atoms with van der Waals surface area (Å²) in [6.07, 6.45) is 3.14. The number of hydrogen-bond acceptors (Lipinski definition) is 4. The molecule has 27 heavy (non-hydrogen) atoms. The summed E-state index contributed by atoms with van der Waals surface area (Å²) in [5, 5.41) is 6.50. The van der Waals surface area contributed by atoms with Crippen LogP contribution < -0.4 is 10.6 Å². The van der Waals surface area contributed by atoms with Gasteiger partial charge < -0.3 is 20.3 Å². The first kappa shape index (κ1) is 24.0. The third kappa shape index (κ3) is 8.27. The minimum Gasteiger partial charge on any atom is -0.381 e. The molecule has 0 aliphatic carbocycles. The lowest BCUT2D eigenvalue weighted by Gasteiger charge is -2.17. The van der Waals surface area contributed by atoms with Gasteiger partial charge in [0.15, 0.2) is 5.96 Å². The van der Waals surface area contributed by atoms with Gasteiger partial charge in [-0.3, -0.25) is 4.79 Å². The molecular weight excluding hydrogens is 475 g/mol. The number of rotatable bonds is 7. The Morgan fingerprint density at radius 2 is 2.15 bits per heavy atom. The van der Waals surface area contributed by atoms with E-state index in [-0.39, 0.29) is 36.4 Å². The molecule has 0 aromatic heterocycles. The number of thioether (sulfide) groups is 1. The van der Waals surface area contributed by atoms with Crippen LogP contribution in [0.2, 0.25) is 0 Å². The number of carbonyl (C=O) groups is 1. The van der Waals surface area contributed by atoms with Gasteiger partial charge in [-0.05, 0) is 36.8 Å². The van der Waals surface area contributed by atoms with Crippen molar-refractivity contribution in [2.24, 2.45) is 10.9 Å². The molecule has 152 valence electrons. The Morgan fingerprint density at radius 1 is 1.37 bits per heavy atom. The van der Waals surface area contributed by atoms with Crippen molar-refractivity contribution in [3.8, 4) is 0 Å². The summed E-state index contributed by atoms with van der Waals surface area (Å²) in [4.78, 5) is 19.4. The lowest BCUT2D eigenvalue weighted by molar-refractivity contribution is -0.127. The third-order valence-electron chi connectivity index (χ3n) is 4.34. The van der Waals surface area contributed by atoms with E-state index in [0.29, 0.717) is 18.4 Å². The van der Waals surface area contributed by atoms with Crippen LogP contribution in [0.5, 0.6) is 0 Å². The highest BCUT2D eigenvalue weighted by molar-refractivity contribution is 14.0. The molecule has 0 saturated carbocycles. The molecule has 0 radical (unpaired) electrons. The molecule has 1 fully saturated rings. The number of benzene rings is 1. The maximum Gasteiger partial charge on any atom is 0.241 e. The number of amides is 1. The van der Waals surface area contributed by atoms with Crippen molar-refractivity contribution < 1.29 is 9.53 Å². The third-order valence-corrected chi connectivity index (χ3v) is 5.16. The van der Waals surface area contributed by atoms with Gasteiger partial charge in [-0.1, -0.05) is 12.1 Å². The Bertz CT molecular complexity index is 634. The van der Waals surface area contributed by atoms with Gasteiger partial charge in [0.2, 0.25) is 5.91 Å². The van der Waals surface area contributed by atoms with E-state index in [1.165, 1.54) is 16.0 Å². The number of nitrogens with zero attached hydrogens (tertiary/aromatic N) is 2. The summed E-state index contributed by atoms with van der Waals surface area (Å²) >= 11 is 1.73. The summed E-state index contributed by atoms with van der Waals surface area (Å²) in [5.74, 6) is 1.18. The Balaban J connectivity index is 0.00000364. The van der Waals surface area contributed by atoms with Crippen molar-refractivity contribution in [3.63, 3.8) is 0 Å². The maximum absolute atomic E-state index is 11.9. The highest BCUT2D eigenvalue weighted by Gasteiger charge is 2.16. The van der Waals surface area contributed by atoms with Crippen molar-refractivity contribution in [1.82, 2.24) is 15.5 Å². The fourth-order valence-corrected chi connectivity index (χ4v) is 3.32. The van der Waals surface area contributed by atoms with Gasteiger partial charge in [0.1, 0.15) is 0 Å². The molecule has 8 heteroatoms. The number of guanidine groups is 1. The van der Waals surface area contributed by atoms with Crippen molar-refractivity contribution in [3.05, 3.63) is 29.3 Å². The summed E-state index contributed by atoms with van der Waals surface area (Å²) < 4.78 is 5.43. The normalized spacial score (nSPS) is 16.6. The van der Waals surface area contributed by atoms with Gasteiger partial charge in [0, 0.05) is 38.1 Å². The van der Waals surface area contributed by atoms with Gasteiger partial charge in [-0.2, -0.15) is 0 Å². The number of hydrogen-bond donors (Lipinski definition) is 2. The van der Waals surface area contributed by atoms with Crippen LogP contribution in [0.4, 0.5) is 0 Å². The molecule has 1 aliphatic rings. The van der Waals surface area contributed by atoms with Crippen LogP contribution >= 0.6 is 35.7 Å². The number of nitrogens with one attached hydrogen (secondary N) is 2. The fourth-order valence-electron chi connectivity index (χ4n) is 2.62. The molecular formula is C19H31IN4O2S. The van der Waals surface area contributed by atoms with Crippen LogP contribution in [-0.2, 0) is 16.1 Å². The number of aliphatic imine (C=N–C) groups is 1. The highest BCUT2D eigenvalue weighted by Crippen LogP contribution is 2.22. The minimum absolute atomic E-state index is 0. The van der Waals surface area contributed by atoms with E-state index >= 15 is 0 Å². The smallest absolute Gasteiger partial charge is 0.241 e. The first-order chi connectivity index (χ1) is 12.5. The molecule has 1 amide bonds. The molecule has 1 unspecified atom stereocenters. The molecule has 1 atom stereocenters. The molecule has 1 aromatic carbocycles. The minimum atomic E-state index is 0. The van der Waals surface area contributed by atoms with E-state index in [2.05, 4.69) is 42.0 Å². The maximum atomic E-state index is 11.9. The van der Waals surface area contributed by atoms with E-state index in [0.717, 1.165) is 26.2 Å². The summed E-state index contributed by atoms with van der Waals surface area (Å²) in [7, 11) is 3.50. The largest absolute Gasteiger partial charge is 0.381 e. The Morgan fingerprint density at radius 3 is 2.78 bits per heavy atom. The van der Waals surface area contributed by atoms with Gasteiger partial charge >= 0.3 is 0 Å². The summed E-state index contributed by atoms with van der Waals surface area (Å²) in [6.45, 7) is 5.30. The topological polar surface area (TPSA) is 66.0 Å². The van der Waals surface area contributed by atoms with E-state index in [4.69, 9.17) is 9.73 Å². The lowest BCUT2D eigenvalue weighted by atomic mass is 10.1. The van der Waals surface area contributed by atoms with Crippen molar-refractivity contribution in [2.45, 2.75) is 24.8 Å². The zero-order chi connectivity index (χ0) is 18.9. The Hall–Kier alpha value is -1.00. The van der Waals surface area contributed by atoms with Gasteiger partial charge in [-0.25, -0.2) is 4.99 Å². The van der Waals surface area contributed by atoms with Crippen LogP contribution in [0.25, 0.3) is 0 Å². The predicted molar refractivity (Wildman–Crippen MR) is 123 cm³/mol. The van der Waals surface area contributed by atoms with Gasteiger partial charge in [0.05, 0.1) is 19.7 Å². The Kier molecular flexibility index (Phi) is 11.1. The van der Waals surface area contributed by atoms with Crippen LogP contribution in [0.1, 0.15) is 17.5 Å². The second-order valence-corrected chi connectivity index (χ2v) is 7.58. The van der Waals surface area contributed by atoms with Crippen molar-refractivity contribution in [2.75, 3.05) is 46.7 Å². The second-order valence-electron chi connectivity index (χ2n) is 6.73. The van der Waals surface area contributed by atoms with E-state index in [9.17, 15) is 4.79 Å². The highest BCUT2D eigenvalue weighted by atomic mass is 127. The zero-order valence-corrected chi connectivity index (χ0v) is 19.7. The van der Waals surface area contributed by atoms with E-state index in [1.54, 1.807) is 30.8 Å². The molecule has 1 aliphatic heterocycles. The van der Waals surface area contributed by atoms with E-state index in [1.807, 2.05) is 0 Å². The predicted octanol–water partition coefficient (Wildman–Crippen LogP) is 2.49. The van der Waals surface area contributed by atoms with Crippen molar-refractivity contribution in [1.29, 1.82) is 0 Å².